The van der Waals surface area contributed by atoms with Gasteiger partial charge in [0.25, 0.3) is 0 Å². The van der Waals surface area contributed by atoms with Crippen LogP contribution in [0.2, 0.25) is 0 Å². The van der Waals surface area contributed by atoms with Crippen molar-refractivity contribution in [3.05, 3.63) is 13.1 Å². The van der Waals surface area contributed by atoms with Crippen molar-refractivity contribution in [3.8, 4) is 0 Å². The molecule has 2 nitrogen and oxygen atoms in total. The monoisotopic (exact) mass is 108 g/mol. The molecule has 3 heteroatoms. The van der Waals surface area contributed by atoms with E-state index in [2.05, 4.69) is 0 Å². The third-order valence-electron chi connectivity index (χ3n) is 0. The molecule has 0 aromatic rings. The molecule has 0 bridgehead atoms. The van der Waals surface area contributed by atoms with Crippen LogP contribution in [0.1, 0.15) is 0 Å². The summed E-state index contributed by atoms with van der Waals surface area (Å²) in [7, 11) is 0. The van der Waals surface area contributed by atoms with Crippen molar-refractivity contribution < 1.29 is 17.1 Å². The zero-order chi connectivity index (χ0) is 4.00. The molecule has 0 aliphatic rings. The van der Waals surface area contributed by atoms with E-state index in [1.54, 1.807) is 0 Å². The molecule has 25 valence electrons. The SMILES string of the molecule is [C-]#N.[C-]#N.[Fe+3]. The third kappa shape index (κ3) is 31.4. The molecule has 0 atom stereocenters. The van der Waals surface area contributed by atoms with Gasteiger partial charge in [-0.3, -0.25) is 0 Å². The van der Waals surface area contributed by atoms with Crippen LogP contribution in [0.25, 0.3) is 0 Å². The minimum absolute atomic E-state index is 0. The average molecular weight is 108 g/mol. The molecule has 0 spiro atoms. The average Bonchev–Trinajstić information content (AvgIpc) is 1.50. The van der Waals surface area contributed by atoms with Gasteiger partial charge >= 0.3 is 17.1 Å². The van der Waals surface area contributed by atoms with Gasteiger partial charge in [0.15, 0.2) is 0 Å². The van der Waals surface area contributed by atoms with E-state index >= 15 is 0 Å². The Morgan fingerprint density at radius 1 is 0.800 bits per heavy atom. The van der Waals surface area contributed by atoms with Gasteiger partial charge in [-0.2, -0.15) is 0 Å². The molecule has 0 heterocycles. The predicted molar refractivity (Wildman–Crippen MR) is 9.94 cm³/mol. The van der Waals surface area contributed by atoms with Crippen LogP contribution in [0.5, 0.6) is 0 Å². The number of hydrogen-bond donors (Lipinski definition) is 0. The first kappa shape index (κ1) is 24.5. The zero-order valence-electron chi connectivity index (χ0n) is 2.25. The second kappa shape index (κ2) is 87.3. The second-order valence-corrected chi connectivity index (χ2v) is 0. The van der Waals surface area contributed by atoms with Gasteiger partial charge < -0.3 is 23.7 Å². The van der Waals surface area contributed by atoms with E-state index in [-0.39, 0.29) is 17.1 Å². The standard InChI is InChI=1S/2CN.Fe/c2*1-2;/q2*-1;+3. The zero-order valence-corrected chi connectivity index (χ0v) is 3.35. The topological polar surface area (TPSA) is 47.6 Å². The van der Waals surface area contributed by atoms with E-state index in [9.17, 15) is 0 Å². The van der Waals surface area contributed by atoms with Gasteiger partial charge in [-0.25, -0.2) is 0 Å². The summed E-state index contributed by atoms with van der Waals surface area (Å²) in [6.07, 6.45) is 0. The normalized spacial score (nSPS) is 0.800. The Morgan fingerprint density at radius 2 is 0.800 bits per heavy atom. The van der Waals surface area contributed by atoms with Crippen LogP contribution in [0.3, 0.4) is 0 Å². The van der Waals surface area contributed by atoms with Crippen LogP contribution in [0.15, 0.2) is 0 Å². The smallest absolute Gasteiger partial charge is 0.512 e. The van der Waals surface area contributed by atoms with Gasteiger partial charge in [0.2, 0.25) is 0 Å². The number of hydrogen-bond acceptors (Lipinski definition) is 2. The van der Waals surface area contributed by atoms with E-state index < -0.39 is 0 Å². The first-order valence-corrected chi connectivity index (χ1v) is 0.447. The van der Waals surface area contributed by atoms with Crippen molar-refractivity contribution in [1.29, 1.82) is 10.5 Å². The Bertz CT molecular complexity index is 23.1. The van der Waals surface area contributed by atoms with Crippen molar-refractivity contribution in [3.63, 3.8) is 0 Å². The summed E-state index contributed by atoms with van der Waals surface area (Å²) < 4.78 is 0. The Hall–Kier alpha value is -0.501. The summed E-state index contributed by atoms with van der Waals surface area (Å²) in [5.74, 6) is 0. The first-order chi connectivity index (χ1) is 2.00. The van der Waals surface area contributed by atoms with Crippen LogP contribution in [0.4, 0.5) is 0 Å². The molecule has 0 aromatic heterocycles. The second-order valence-electron chi connectivity index (χ2n) is 0. The molecule has 0 rings (SSSR count). The quantitative estimate of drug-likeness (QED) is 0.328. The Balaban J connectivity index is -0.0000000133. The van der Waals surface area contributed by atoms with Crippen molar-refractivity contribution in [2.75, 3.05) is 0 Å². The maximum Gasteiger partial charge on any atom is 3.00 e. The molecule has 0 fully saturated rings. The van der Waals surface area contributed by atoms with Crippen LogP contribution < -0.4 is 0 Å². The van der Waals surface area contributed by atoms with Crippen LogP contribution >= 0.6 is 0 Å². The van der Waals surface area contributed by atoms with Crippen molar-refractivity contribution >= 4 is 0 Å². The molecule has 0 saturated carbocycles. The Morgan fingerprint density at radius 3 is 0.800 bits per heavy atom. The fourth-order valence-electron chi connectivity index (χ4n) is 0. The van der Waals surface area contributed by atoms with E-state index in [0.29, 0.717) is 0 Å². The summed E-state index contributed by atoms with van der Waals surface area (Å²) >= 11 is 0. The summed E-state index contributed by atoms with van der Waals surface area (Å²) in [5, 5.41) is 12.5. The maximum absolute atomic E-state index is 6.25. The van der Waals surface area contributed by atoms with E-state index in [0.717, 1.165) is 0 Å². The maximum atomic E-state index is 6.25. The van der Waals surface area contributed by atoms with Gasteiger partial charge in [0.05, 0.1) is 0 Å². The molecule has 0 N–H and O–H groups in total. The summed E-state index contributed by atoms with van der Waals surface area (Å²) in [6.45, 7) is 9.50. The van der Waals surface area contributed by atoms with Crippen LogP contribution in [-0.2, 0) is 17.1 Å². The molecule has 0 amide bonds. The van der Waals surface area contributed by atoms with Crippen molar-refractivity contribution in [2.24, 2.45) is 0 Å². The van der Waals surface area contributed by atoms with Crippen molar-refractivity contribution in [1.82, 2.24) is 0 Å². The fraction of sp³-hybridized carbons (Fsp3) is 0. The van der Waals surface area contributed by atoms with E-state index in [1.807, 2.05) is 0 Å². The fourth-order valence-corrected chi connectivity index (χ4v) is 0. The molecule has 0 saturated heterocycles. The van der Waals surface area contributed by atoms with Crippen molar-refractivity contribution in [2.45, 2.75) is 0 Å². The van der Waals surface area contributed by atoms with Gasteiger partial charge in [0.1, 0.15) is 0 Å². The number of rotatable bonds is 0. The van der Waals surface area contributed by atoms with Crippen LogP contribution in [-0.4, -0.2) is 0 Å². The minimum atomic E-state index is 0. The van der Waals surface area contributed by atoms with E-state index in [1.165, 1.54) is 0 Å². The largest absolute Gasteiger partial charge is 3.00 e. The number of nitrogens with zero attached hydrogens (tertiary/aromatic N) is 2. The summed E-state index contributed by atoms with van der Waals surface area (Å²) in [4.78, 5) is 0. The van der Waals surface area contributed by atoms with Gasteiger partial charge in [-0.05, 0) is 0 Å². The molecule has 0 unspecified atom stereocenters. The minimum Gasteiger partial charge on any atom is -0.512 e. The predicted octanol–water partition coefficient (Wildman–Crippen LogP) is 0.190. The summed E-state index contributed by atoms with van der Waals surface area (Å²) in [5.41, 5.74) is 0. The Labute approximate surface area is 41.5 Å². The van der Waals surface area contributed by atoms with Gasteiger partial charge in [-0.1, -0.05) is 0 Å². The molecular weight excluding hydrogens is 108 g/mol. The molecule has 0 aliphatic carbocycles. The first-order valence-electron chi connectivity index (χ1n) is 0.447. The molecule has 1 radical (unpaired) electrons. The van der Waals surface area contributed by atoms with Gasteiger partial charge in [-0.15, -0.1) is 0 Å². The molecule has 5 heavy (non-hydrogen) atoms. The van der Waals surface area contributed by atoms with E-state index in [4.69, 9.17) is 23.7 Å². The molecular formula is C2FeN2+. The van der Waals surface area contributed by atoms with Gasteiger partial charge in [0, 0.05) is 0 Å². The third-order valence-corrected chi connectivity index (χ3v) is 0. The molecule has 0 aromatic carbocycles. The van der Waals surface area contributed by atoms with Crippen LogP contribution in [0, 0.1) is 23.7 Å². The summed E-state index contributed by atoms with van der Waals surface area (Å²) in [6, 6.07) is 0. The molecule has 0 aliphatic heterocycles. The Kier molecular flexibility index (Phi) is 428.